The van der Waals surface area contributed by atoms with Gasteiger partial charge in [-0.25, -0.2) is 0 Å². The first-order valence-corrected chi connectivity index (χ1v) is 4.87. The number of fused-ring (bicyclic) bond motifs is 1. The number of hydrogen-bond acceptors (Lipinski definition) is 0. The Morgan fingerprint density at radius 1 is 1.31 bits per heavy atom. The van der Waals surface area contributed by atoms with Crippen LogP contribution in [0.2, 0.25) is 0 Å². The van der Waals surface area contributed by atoms with Crippen LogP contribution in [0.4, 0.5) is 0 Å². The average molecular weight is 170 g/mol. The molecule has 1 aromatic carbocycles. The van der Waals surface area contributed by atoms with Crippen molar-refractivity contribution in [2.45, 2.75) is 19.8 Å². The van der Waals surface area contributed by atoms with Gasteiger partial charge in [-0.05, 0) is 28.8 Å². The summed E-state index contributed by atoms with van der Waals surface area (Å²) >= 11 is 0. The molecule has 0 saturated heterocycles. The fourth-order valence-electron chi connectivity index (χ4n) is 1.76. The van der Waals surface area contributed by atoms with E-state index in [1.165, 1.54) is 16.0 Å². The largest absolute Gasteiger partial charge is 0.0807 e. The van der Waals surface area contributed by atoms with Gasteiger partial charge in [-0.3, -0.25) is 0 Å². The van der Waals surface area contributed by atoms with Gasteiger partial charge in [0.1, 0.15) is 0 Å². The SMILES string of the molecule is CCc1cccc2c1=CC=CCC=2. The Kier molecular flexibility index (Phi) is 2.31. The summed E-state index contributed by atoms with van der Waals surface area (Å²) in [5, 5.41) is 2.78. The van der Waals surface area contributed by atoms with Crippen LogP contribution in [0.3, 0.4) is 0 Å². The maximum absolute atomic E-state index is 2.29. The van der Waals surface area contributed by atoms with Crippen LogP contribution in [-0.4, -0.2) is 0 Å². The second-order valence-corrected chi connectivity index (χ2v) is 3.31. The van der Waals surface area contributed by atoms with Gasteiger partial charge in [0.25, 0.3) is 0 Å². The first kappa shape index (κ1) is 8.31. The molecule has 0 radical (unpaired) electrons. The third-order valence-corrected chi connectivity index (χ3v) is 2.48. The van der Waals surface area contributed by atoms with Gasteiger partial charge in [-0.15, -0.1) is 0 Å². The molecule has 0 heteroatoms. The Morgan fingerprint density at radius 3 is 3.08 bits per heavy atom. The predicted molar refractivity (Wildman–Crippen MR) is 57.8 cm³/mol. The highest BCUT2D eigenvalue weighted by Gasteiger charge is 1.93. The topological polar surface area (TPSA) is 0 Å². The van der Waals surface area contributed by atoms with E-state index < -0.39 is 0 Å². The number of benzene rings is 1. The van der Waals surface area contributed by atoms with Crippen LogP contribution < -0.4 is 10.4 Å². The van der Waals surface area contributed by atoms with E-state index in [4.69, 9.17) is 0 Å². The van der Waals surface area contributed by atoms with Gasteiger partial charge in [0.2, 0.25) is 0 Å². The van der Waals surface area contributed by atoms with Crippen molar-refractivity contribution in [3.8, 4) is 0 Å². The second-order valence-electron chi connectivity index (χ2n) is 3.31. The lowest BCUT2D eigenvalue weighted by Crippen LogP contribution is -2.27. The zero-order valence-electron chi connectivity index (χ0n) is 7.96. The lowest BCUT2D eigenvalue weighted by molar-refractivity contribution is 1.11. The second kappa shape index (κ2) is 3.61. The summed E-state index contributed by atoms with van der Waals surface area (Å²) in [6.07, 6.45) is 11.0. The molecule has 0 amide bonds. The van der Waals surface area contributed by atoms with Crippen LogP contribution in [0.1, 0.15) is 18.9 Å². The summed E-state index contributed by atoms with van der Waals surface area (Å²) in [5.74, 6) is 0. The van der Waals surface area contributed by atoms with E-state index in [1.807, 2.05) is 0 Å². The maximum Gasteiger partial charge on any atom is -0.0155 e. The molecule has 66 valence electrons. The van der Waals surface area contributed by atoms with E-state index in [0.29, 0.717) is 0 Å². The summed E-state index contributed by atoms with van der Waals surface area (Å²) < 4.78 is 0. The monoisotopic (exact) mass is 170 g/mol. The van der Waals surface area contributed by atoms with Gasteiger partial charge in [-0.2, -0.15) is 0 Å². The van der Waals surface area contributed by atoms with Crippen LogP contribution in [0, 0.1) is 0 Å². The smallest absolute Gasteiger partial charge is 0.0155 e. The Morgan fingerprint density at radius 2 is 2.23 bits per heavy atom. The van der Waals surface area contributed by atoms with E-state index in [9.17, 15) is 0 Å². The quantitative estimate of drug-likeness (QED) is 0.602. The Balaban J connectivity index is 2.78. The predicted octanol–water partition coefficient (Wildman–Crippen LogP) is 1.77. The first-order chi connectivity index (χ1) is 6.42. The third kappa shape index (κ3) is 1.57. The highest BCUT2D eigenvalue weighted by molar-refractivity contribution is 5.46. The minimum absolute atomic E-state index is 1.05. The molecule has 0 unspecified atom stereocenters. The lowest BCUT2D eigenvalue weighted by Gasteiger charge is -1.97. The van der Waals surface area contributed by atoms with E-state index in [1.54, 1.807) is 0 Å². The fourth-order valence-corrected chi connectivity index (χ4v) is 1.76. The van der Waals surface area contributed by atoms with Crippen molar-refractivity contribution in [1.82, 2.24) is 0 Å². The van der Waals surface area contributed by atoms with Crippen LogP contribution >= 0.6 is 0 Å². The zero-order chi connectivity index (χ0) is 9.10. The molecule has 1 aromatic rings. The number of allylic oxidation sites excluding steroid dienone is 2. The third-order valence-electron chi connectivity index (χ3n) is 2.48. The van der Waals surface area contributed by atoms with Crippen molar-refractivity contribution >= 4 is 12.2 Å². The normalized spacial score (nSPS) is 13.9. The van der Waals surface area contributed by atoms with Gasteiger partial charge >= 0.3 is 0 Å². The van der Waals surface area contributed by atoms with Gasteiger partial charge in [0.05, 0.1) is 0 Å². The molecule has 0 heterocycles. The molecule has 0 nitrogen and oxygen atoms in total. The van der Waals surface area contributed by atoms with Crippen molar-refractivity contribution in [3.05, 3.63) is 46.4 Å². The molecular weight excluding hydrogens is 156 g/mol. The maximum atomic E-state index is 2.29. The molecule has 13 heavy (non-hydrogen) atoms. The van der Waals surface area contributed by atoms with Gasteiger partial charge < -0.3 is 0 Å². The molecular formula is C13H14. The standard InChI is InChI=1S/C13H14/c1-2-11-8-6-9-12-7-4-3-5-10-13(11)12/h3,5-10H,2,4H2,1H3. The number of hydrogen-bond donors (Lipinski definition) is 0. The van der Waals surface area contributed by atoms with Crippen molar-refractivity contribution in [1.29, 1.82) is 0 Å². The van der Waals surface area contributed by atoms with Crippen LogP contribution in [-0.2, 0) is 6.42 Å². The lowest BCUT2D eigenvalue weighted by atomic mass is 10.1. The summed E-state index contributed by atoms with van der Waals surface area (Å²) in [4.78, 5) is 0. The highest BCUT2D eigenvalue weighted by Crippen LogP contribution is 1.94. The Hall–Kier alpha value is -1.30. The molecule has 0 aliphatic heterocycles. The average Bonchev–Trinajstić information content (AvgIpc) is 2.41. The summed E-state index contributed by atoms with van der Waals surface area (Å²) in [6.45, 7) is 2.21. The molecule has 0 atom stereocenters. The summed E-state index contributed by atoms with van der Waals surface area (Å²) in [7, 11) is 0. The summed E-state index contributed by atoms with van der Waals surface area (Å²) in [6, 6.07) is 6.55. The van der Waals surface area contributed by atoms with E-state index in [-0.39, 0.29) is 0 Å². The van der Waals surface area contributed by atoms with E-state index in [0.717, 1.165) is 12.8 Å². The molecule has 1 aliphatic rings. The van der Waals surface area contributed by atoms with E-state index >= 15 is 0 Å². The van der Waals surface area contributed by atoms with E-state index in [2.05, 4.69) is 49.4 Å². The summed E-state index contributed by atoms with van der Waals surface area (Å²) in [5.41, 5.74) is 1.44. The van der Waals surface area contributed by atoms with Crippen LogP contribution in [0.5, 0.6) is 0 Å². The Bertz CT molecular complexity index is 436. The molecule has 2 rings (SSSR count). The van der Waals surface area contributed by atoms with Gasteiger partial charge in [0.15, 0.2) is 0 Å². The van der Waals surface area contributed by atoms with Gasteiger partial charge in [-0.1, -0.05) is 49.4 Å². The number of aryl methyl sites for hydroxylation is 1. The minimum atomic E-state index is 1.05. The van der Waals surface area contributed by atoms with Crippen LogP contribution in [0.25, 0.3) is 12.2 Å². The van der Waals surface area contributed by atoms with Crippen molar-refractivity contribution in [2.75, 3.05) is 0 Å². The molecule has 0 aromatic heterocycles. The van der Waals surface area contributed by atoms with Gasteiger partial charge in [0, 0.05) is 0 Å². The molecule has 0 fully saturated rings. The fraction of sp³-hybridized carbons (Fsp3) is 0.231. The highest BCUT2D eigenvalue weighted by atomic mass is 14.0. The van der Waals surface area contributed by atoms with Crippen LogP contribution in [0.15, 0.2) is 30.4 Å². The van der Waals surface area contributed by atoms with Crippen molar-refractivity contribution in [3.63, 3.8) is 0 Å². The zero-order valence-corrected chi connectivity index (χ0v) is 7.96. The molecule has 1 aliphatic carbocycles. The minimum Gasteiger partial charge on any atom is -0.0807 e. The first-order valence-electron chi connectivity index (χ1n) is 4.87. The Labute approximate surface area is 78.9 Å². The number of rotatable bonds is 1. The van der Waals surface area contributed by atoms with Crippen molar-refractivity contribution in [2.24, 2.45) is 0 Å². The molecule has 0 N–H and O–H groups in total. The molecule has 0 spiro atoms. The molecule has 0 bridgehead atoms. The molecule has 0 saturated carbocycles. The van der Waals surface area contributed by atoms with Crippen molar-refractivity contribution < 1.29 is 0 Å².